The molecule has 0 atom stereocenters. The molecule has 8 heteroatoms. The standard InChI is InChI=1S/C11H17NO2.2C11H17NO.C11H18N/c1-7(2)10-5-9(13)6-11(14)12(10)8(3)4;1-8(2)11-7-10(13)5-6-12(11)9(3)4;1-8(2)10-6-5-7-11(13)12(10)9(3)4;1-9(2)11-7-5-6-8-12(11)10(3)4/h5,7-8H,6H2,1-4H3;2*5-9H,1-4H3;5-10H,1-4H3/q;;;+1. The highest BCUT2D eigenvalue weighted by Crippen LogP contribution is 2.23. The maximum Gasteiger partial charge on any atom is 0.250 e. The van der Waals surface area contributed by atoms with Gasteiger partial charge >= 0.3 is 0 Å². The van der Waals surface area contributed by atoms with Crippen molar-refractivity contribution in [2.45, 2.75) is 159 Å². The number of hydrogen-bond acceptors (Lipinski definition) is 4. The number of allylic oxidation sites excluding steroid dienone is 2. The predicted octanol–water partition coefficient (Wildman–Crippen LogP) is 9.52. The van der Waals surface area contributed by atoms with Gasteiger partial charge in [-0.3, -0.25) is 19.2 Å². The summed E-state index contributed by atoms with van der Waals surface area (Å²) in [6, 6.07) is 16.5. The minimum atomic E-state index is -0.0735. The van der Waals surface area contributed by atoms with Crippen LogP contribution in [0.15, 0.2) is 82.3 Å². The smallest absolute Gasteiger partial charge is 0.250 e. The Morgan fingerprint density at radius 2 is 1.19 bits per heavy atom. The van der Waals surface area contributed by atoms with Gasteiger partial charge in [0.2, 0.25) is 5.91 Å². The number of hydrogen-bond donors (Lipinski definition) is 0. The van der Waals surface area contributed by atoms with E-state index in [0.29, 0.717) is 29.8 Å². The van der Waals surface area contributed by atoms with E-state index in [0.717, 1.165) is 17.1 Å². The van der Waals surface area contributed by atoms with Crippen LogP contribution < -0.4 is 15.6 Å². The van der Waals surface area contributed by atoms with Gasteiger partial charge in [0, 0.05) is 83.7 Å². The molecular weight excluding hydrogens is 649 g/mol. The van der Waals surface area contributed by atoms with E-state index in [4.69, 9.17) is 0 Å². The molecule has 0 saturated carbocycles. The highest BCUT2D eigenvalue weighted by atomic mass is 16.2. The summed E-state index contributed by atoms with van der Waals surface area (Å²) in [4.78, 5) is 47.3. The van der Waals surface area contributed by atoms with Gasteiger partial charge in [-0.15, -0.1) is 0 Å². The minimum absolute atomic E-state index is 0.0222. The van der Waals surface area contributed by atoms with Gasteiger partial charge in [-0.2, -0.15) is 0 Å². The lowest BCUT2D eigenvalue weighted by Crippen LogP contribution is -2.41. The Balaban J connectivity index is 0.000000347. The molecule has 288 valence electrons. The fourth-order valence-corrected chi connectivity index (χ4v) is 6.11. The molecule has 0 aliphatic carbocycles. The molecule has 0 radical (unpaired) electrons. The van der Waals surface area contributed by atoms with Crippen molar-refractivity contribution in [3.8, 4) is 0 Å². The number of aromatic nitrogens is 3. The van der Waals surface area contributed by atoms with Crippen LogP contribution in [0.5, 0.6) is 0 Å². The zero-order valence-corrected chi connectivity index (χ0v) is 35.1. The molecule has 0 unspecified atom stereocenters. The lowest BCUT2D eigenvalue weighted by atomic mass is 10.00. The summed E-state index contributed by atoms with van der Waals surface area (Å²) in [5.74, 6) is 1.47. The van der Waals surface area contributed by atoms with E-state index >= 15 is 0 Å². The molecule has 0 bridgehead atoms. The lowest BCUT2D eigenvalue weighted by molar-refractivity contribution is -0.724. The van der Waals surface area contributed by atoms with E-state index in [1.54, 1.807) is 29.2 Å². The molecular formula is C44H69N4O4+. The van der Waals surface area contributed by atoms with E-state index in [1.807, 2.05) is 64.4 Å². The molecule has 0 N–H and O–H groups in total. The molecule has 0 fully saturated rings. The van der Waals surface area contributed by atoms with E-state index in [-0.39, 0.29) is 47.1 Å². The molecule has 3 aromatic heterocycles. The number of nitrogens with zero attached hydrogens (tertiary/aromatic N) is 4. The van der Waals surface area contributed by atoms with Gasteiger partial charge in [0.05, 0.1) is 6.42 Å². The zero-order chi connectivity index (χ0) is 40.0. The third-order valence-corrected chi connectivity index (χ3v) is 8.62. The second-order valence-corrected chi connectivity index (χ2v) is 15.9. The number of ketones is 1. The van der Waals surface area contributed by atoms with Crippen molar-refractivity contribution in [2.24, 2.45) is 5.92 Å². The summed E-state index contributed by atoms with van der Waals surface area (Å²) in [7, 11) is 0. The van der Waals surface area contributed by atoms with Gasteiger partial charge in [0.15, 0.2) is 29.1 Å². The molecule has 8 nitrogen and oxygen atoms in total. The Kier molecular flexibility index (Phi) is 19.0. The first-order chi connectivity index (χ1) is 24.1. The lowest BCUT2D eigenvalue weighted by Gasteiger charge is -2.33. The molecule has 3 aromatic rings. The first-order valence-electron chi connectivity index (χ1n) is 19.1. The van der Waals surface area contributed by atoms with Crippen LogP contribution in [0, 0.1) is 5.92 Å². The SMILES string of the molecule is CC(C)C1=CC(=O)CC(=O)N1C(C)C.CC(C)c1cc(=O)ccn1C(C)C.CC(C)c1cccc(=O)n1C(C)C.CC(C)c1cccc[n+]1C(C)C. The fraction of sp³-hybridized carbons (Fsp3) is 0.568. The van der Waals surface area contributed by atoms with E-state index in [1.165, 1.54) is 5.69 Å². The van der Waals surface area contributed by atoms with Crippen molar-refractivity contribution >= 4 is 11.7 Å². The molecule has 52 heavy (non-hydrogen) atoms. The van der Waals surface area contributed by atoms with Crippen molar-refractivity contribution in [3.05, 3.63) is 110 Å². The molecule has 1 aliphatic rings. The topological polar surface area (TPSA) is 85.3 Å². The maximum absolute atomic E-state index is 11.6. The van der Waals surface area contributed by atoms with Crippen molar-refractivity contribution < 1.29 is 14.2 Å². The van der Waals surface area contributed by atoms with Gasteiger partial charge in [0.25, 0.3) is 5.56 Å². The summed E-state index contributed by atoms with van der Waals surface area (Å²) in [5, 5.41) is 0. The van der Waals surface area contributed by atoms with Gasteiger partial charge in [-0.25, -0.2) is 4.57 Å². The summed E-state index contributed by atoms with van der Waals surface area (Å²) in [6.45, 7) is 33.5. The van der Waals surface area contributed by atoms with E-state index < -0.39 is 0 Å². The van der Waals surface area contributed by atoms with Crippen LogP contribution in [0.4, 0.5) is 0 Å². The third-order valence-electron chi connectivity index (χ3n) is 8.62. The summed E-state index contributed by atoms with van der Waals surface area (Å²) < 4.78 is 6.32. The zero-order valence-electron chi connectivity index (χ0n) is 35.1. The van der Waals surface area contributed by atoms with Crippen molar-refractivity contribution in [1.29, 1.82) is 0 Å². The molecule has 0 aromatic carbocycles. The molecule has 0 spiro atoms. The molecule has 0 saturated heterocycles. The van der Waals surface area contributed by atoms with Crippen LogP contribution in [0.1, 0.15) is 170 Å². The van der Waals surface area contributed by atoms with E-state index in [9.17, 15) is 19.2 Å². The summed E-state index contributed by atoms with van der Waals surface area (Å²) in [5.41, 5.74) is 4.68. The number of carbonyl (C=O) groups excluding carboxylic acids is 2. The van der Waals surface area contributed by atoms with Crippen molar-refractivity contribution in [3.63, 3.8) is 0 Å². The van der Waals surface area contributed by atoms with Crippen LogP contribution in [0.2, 0.25) is 0 Å². The summed E-state index contributed by atoms with van der Waals surface area (Å²) >= 11 is 0. The first-order valence-corrected chi connectivity index (χ1v) is 19.1. The number of carbonyl (C=O) groups is 2. The molecule has 1 amide bonds. The molecule has 1 aliphatic heterocycles. The second-order valence-electron chi connectivity index (χ2n) is 15.9. The van der Waals surface area contributed by atoms with Gasteiger partial charge in [-0.05, 0) is 79.2 Å². The number of amides is 1. The number of pyridine rings is 3. The van der Waals surface area contributed by atoms with Crippen LogP contribution >= 0.6 is 0 Å². The van der Waals surface area contributed by atoms with Crippen LogP contribution in [0.3, 0.4) is 0 Å². The number of rotatable bonds is 8. The quantitative estimate of drug-likeness (QED) is 0.172. The fourth-order valence-electron chi connectivity index (χ4n) is 6.11. The minimum Gasteiger partial charge on any atom is -0.348 e. The second kappa shape index (κ2) is 21.5. The summed E-state index contributed by atoms with van der Waals surface area (Å²) in [6.07, 6.45) is 5.66. The Hall–Kier alpha value is -4.07. The highest BCUT2D eigenvalue weighted by Gasteiger charge is 2.29. The molecule has 4 heterocycles. The predicted molar refractivity (Wildman–Crippen MR) is 216 cm³/mol. The van der Waals surface area contributed by atoms with Gasteiger partial charge < -0.3 is 14.0 Å². The molecule has 4 rings (SSSR count). The van der Waals surface area contributed by atoms with Crippen molar-refractivity contribution in [1.82, 2.24) is 14.0 Å². The normalized spacial score (nSPS) is 13.1. The first kappa shape index (κ1) is 46.0. The Bertz CT molecular complexity index is 1690. The van der Waals surface area contributed by atoms with Crippen molar-refractivity contribution in [2.75, 3.05) is 0 Å². The maximum atomic E-state index is 11.6. The van der Waals surface area contributed by atoms with E-state index in [2.05, 4.69) is 103 Å². The average Bonchev–Trinajstić information content (AvgIpc) is 3.04. The van der Waals surface area contributed by atoms with Gasteiger partial charge in [0.1, 0.15) is 0 Å². The van der Waals surface area contributed by atoms with Crippen LogP contribution in [0.25, 0.3) is 0 Å². The average molecular weight is 718 g/mol. The van der Waals surface area contributed by atoms with Gasteiger partial charge in [-0.1, -0.05) is 67.5 Å². The Morgan fingerprint density at radius 1 is 0.596 bits per heavy atom. The highest BCUT2D eigenvalue weighted by molar-refractivity contribution is 6.07. The van der Waals surface area contributed by atoms with Crippen LogP contribution in [-0.2, 0) is 9.59 Å². The Labute approximate surface area is 314 Å². The Morgan fingerprint density at radius 3 is 1.62 bits per heavy atom. The largest absolute Gasteiger partial charge is 0.348 e. The third kappa shape index (κ3) is 13.8. The monoisotopic (exact) mass is 718 g/mol. The van der Waals surface area contributed by atoms with Crippen LogP contribution in [-0.4, -0.2) is 31.8 Å².